The number of aromatic nitrogens is 2. The number of carbonyl (C=O) groups is 1. The molecule has 4 nitrogen and oxygen atoms in total. The lowest BCUT2D eigenvalue weighted by molar-refractivity contribution is 0.0697. The summed E-state index contributed by atoms with van der Waals surface area (Å²) >= 11 is 5.67. The molecule has 0 saturated heterocycles. The summed E-state index contributed by atoms with van der Waals surface area (Å²) in [4.78, 5) is 17.6. The van der Waals surface area contributed by atoms with Crippen LogP contribution in [0.1, 0.15) is 15.9 Å². The van der Waals surface area contributed by atoms with Crippen molar-refractivity contribution in [3.05, 3.63) is 28.5 Å². The molecule has 0 spiro atoms. The van der Waals surface area contributed by atoms with Gasteiger partial charge in [-0.15, -0.1) is 0 Å². The third-order valence-corrected chi connectivity index (χ3v) is 2.17. The van der Waals surface area contributed by atoms with Crippen molar-refractivity contribution in [1.82, 2.24) is 9.97 Å². The van der Waals surface area contributed by atoms with E-state index < -0.39 is 5.97 Å². The van der Waals surface area contributed by atoms with Gasteiger partial charge >= 0.3 is 5.97 Å². The van der Waals surface area contributed by atoms with Crippen molar-refractivity contribution in [3.63, 3.8) is 0 Å². The third-order valence-electron chi connectivity index (χ3n) is 2.00. The van der Waals surface area contributed by atoms with E-state index in [1.807, 2.05) is 0 Å². The average Bonchev–Trinajstić information content (AvgIpc) is 2.45. The SMILES string of the molecule is Cc1cc(C(=O)O)cc2[nH]c(Cl)nc12. The smallest absolute Gasteiger partial charge is 0.335 e. The molecule has 0 aliphatic carbocycles. The molecular formula is C9H7ClN2O2. The molecule has 0 saturated carbocycles. The van der Waals surface area contributed by atoms with Gasteiger partial charge in [0.2, 0.25) is 5.28 Å². The Hall–Kier alpha value is -1.55. The van der Waals surface area contributed by atoms with Crippen LogP contribution in [0, 0.1) is 6.92 Å². The number of rotatable bonds is 1. The maximum Gasteiger partial charge on any atom is 0.335 e. The molecule has 0 bridgehead atoms. The molecule has 0 amide bonds. The van der Waals surface area contributed by atoms with E-state index in [2.05, 4.69) is 9.97 Å². The maximum atomic E-state index is 10.7. The first-order valence-corrected chi connectivity index (χ1v) is 4.35. The Morgan fingerprint density at radius 1 is 1.57 bits per heavy atom. The molecule has 0 unspecified atom stereocenters. The lowest BCUT2D eigenvalue weighted by atomic mass is 10.1. The molecule has 0 atom stereocenters. The van der Waals surface area contributed by atoms with Gasteiger partial charge < -0.3 is 10.1 Å². The van der Waals surface area contributed by atoms with Crippen LogP contribution in [0.25, 0.3) is 11.0 Å². The first-order valence-electron chi connectivity index (χ1n) is 3.97. The van der Waals surface area contributed by atoms with Crippen LogP contribution >= 0.6 is 11.6 Å². The van der Waals surface area contributed by atoms with Gasteiger partial charge in [0.1, 0.15) is 0 Å². The van der Waals surface area contributed by atoms with E-state index in [9.17, 15) is 4.79 Å². The number of aromatic amines is 1. The van der Waals surface area contributed by atoms with Crippen molar-refractivity contribution >= 4 is 28.6 Å². The highest BCUT2D eigenvalue weighted by Crippen LogP contribution is 2.20. The number of imidazole rings is 1. The number of carboxylic acid groups (broad SMARTS) is 1. The van der Waals surface area contributed by atoms with Crippen molar-refractivity contribution < 1.29 is 9.90 Å². The Morgan fingerprint density at radius 2 is 2.29 bits per heavy atom. The lowest BCUT2D eigenvalue weighted by Gasteiger charge is -1.97. The molecule has 0 fully saturated rings. The highest BCUT2D eigenvalue weighted by atomic mass is 35.5. The van der Waals surface area contributed by atoms with Crippen LogP contribution in [0.3, 0.4) is 0 Å². The van der Waals surface area contributed by atoms with Gasteiger partial charge in [0, 0.05) is 0 Å². The first-order chi connectivity index (χ1) is 6.58. The topological polar surface area (TPSA) is 66.0 Å². The monoisotopic (exact) mass is 210 g/mol. The van der Waals surface area contributed by atoms with E-state index in [1.165, 1.54) is 6.07 Å². The Morgan fingerprint density at radius 3 is 2.93 bits per heavy atom. The zero-order valence-electron chi connectivity index (χ0n) is 7.34. The van der Waals surface area contributed by atoms with Gasteiger partial charge in [-0.25, -0.2) is 9.78 Å². The Bertz CT molecular complexity index is 519. The number of nitrogens with zero attached hydrogens (tertiary/aromatic N) is 1. The number of hydrogen-bond donors (Lipinski definition) is 2. The first kappa shape index (κ1) is 9.02. The van der Waals surface area contributed by atoms with Crippen molar-refractivity contribution in [3.8, 4) is 0 Å². The lowest BCUT2D eigenvalue weighted by Crippen LogP contribution is -1.96. The molecule has 5 heteroatoms. The maximum absolute atomic E-state index is 10.7. The van der Waals surface area contributed by atoms with Crippen molar-refractivity contribution in [1.29, 1.82) is 0 Å². The summed E-state index contributed by atoms with van der Waals surface area (Å²) in [5, 5.41) is 9.08. The van der Waals surface area contributed by atoms with Gasteiger partial charge in [-0.2, -0.15) is 0 Å². The standard InChI is InChI=1S/C9H7ClN2O2/c1-4-2-5(8(13)14)3-6-7(4)12-9(10)11-6/h2-3H,1H3,(H,11,12)(H,13,14). The number of benzene rings is 1. The minimum absolute atomic E-state index is 0.232. The Labute approximate surface area is 84.5 Å². The van der Waals surface area contributed by atoms with E-state index in [0.29, 0.717) is 11.0 Å². The van der Waals surface area contributed by atoms with Crippen LogP contribution in [-0.4, -0.2) is 21.0 Å². The Balaban J connectivity index is 2.77. The normalized spacial score (nSPS) is 10.7. The Kier molecular flexibility index (Phi) is 1.93. The number of H-pyrrole nitrogens is 1. The molecule has 0 aliphatic rings. The molecule has 1 aromatic heterocycles. The number of fused-ring (bicyclic) bond motifs is 1. The van der Waals surface area contributed by atoms with Gasteiger partial charge in [-0.05, 0) is 36.2 Å². The van der Waals surface area contributed by atoms with Crippen LogP contribution < -0.4 is 0 Å². The molecular weight excluding hydrogens is 204 g/mol. The largest absolute Gasteiger partial charge is 0.478 e. The van der Waals surface area contributed by atoms with Crippen LogP contribution in [0.4, 0.5) is 0 Å². The van der Waals surface area contributed by atoms with E-state index >= 15 is 0 Å². The molecule has 2 aromatic rings. The molecule has 0 radical (unpaired) electrons. The van der Waals surface area contributed by atoms with Gasteiger partial charge in [0.15, 0.2) is 0 Å². The van der Waals surface area contributed by atoms with Gasteiger partial charge in [-0.1, -0.05) is 0 Å². The molecule has 1 heterocycles. The van der Waals surface area contributed by atoms with Crippen LogP contribution in [0.2, 0.25) is 5.28 Å². The fraction of sp³-hybridized carbons (Fsp3) is 0.111. The van der Waals surface area contributed by atoms with E-state index in [1.54, 1.807) is 13.0 Å². The van der Waals surface area contributed by atoms with Gasteiger partial charge in [0.25, 0.3) is 0 Å². The molecule has 1 aromatic carbocycles. The van der Waals surface area contributed by atoms with Crippen molar-refractivity contribution in [2.24, 2.45) is 0 Å². The fourth-order valence-electron chi connectivity index (χ4n) is 1.38. The minimum Gasteiger partial charge on any atom is -0.478 e. The van der Waals surface area contributed by atoms with E-state index in [0.717, 1.165) is 5.56 Å². The molecule has 14 heavy (non-hydrogen) atoms. The number of carboxylic acids is 1. The number of nitrogens with one attached hydrogen (secondary N) is 1. The molecule has 72 valence electrons. The summed E-state index contributed by atoms with van der Waals surface area (Å²) in [5.74, 6) is -0.958. The number of hydrogen-bond acceptors (Lipinski definition) is 2. The zero-order valence-corrected chi connectivity index (χ0v) is 8.09. The minimum atomic E-state index is -0.958. The predicted molar refractivity (Wildman–Crippen MR) is 52.8 cm³/mol. The van der Waals surface area contributed by atoms with Crippen molar-refractivity contribution in [2.45, 2.75) is 6.92 Å². The van der Waals surface area contributed by atoms with Crippen LogP contribution in [-0.2, 0) is 0 Å². The van der Waals surface area contributed by atoms with E-state index in [4.69, 9.17) is 16.7 Å². The zero-order chi connectivity index (χ0) is 10.3. The molecule has 0 aliphatic heterocycles. The number of halogens is 1. The van der Waals surface area contributed by atoms with Gasteiger partial charge in [-0.3, -0.25) is 0 Å². The quantitative estimate of drug-likeness (QED) is 0.759. The third kappa shape index (κ3) is 1.33. The summed E-state index contributed by atoms with van der Waals surface area (Å²) in [6, 6.07) is 3.09. The van der Waals surface area contributed by atoms with Crippen LogP contribution in [0.15, 0.2) is 12.1 Å². The van der Waals surface area contributed by atoms with Gasteiger partial charge in [0.05, 0.1) is 16.6 Å². The summed E-state index contributed by atoms with van der Waals surface area (Å²) in [6.45, 7) is 1.80. The second-order valence-electron chi connectivity index (χ2n) is 3.02. The highest BCUT2D eigenvalue weighted by molar-refractivity contribution is 6.29. The average molecular weight is 211 g/mol. The summed E-state index contributed by atoms with van der Waals surface area (Å²) < 4.78 is 0. The molecule has 2 N–H and O–H groups in total. The van der Waals surface area contributed by atoms with Crippen LogP contribution in [0.5, 0.6) is 0 Å². The fourth-order valence-corrected chi connectivity index (χ4v) is 1.57. The number of aromatic carboxylic acids is 1. The summed E-state index contributed by atoms with van der Waals surface area (Å²) in [6.07, 6.45) is 0. The summed E-state index contributed by atoms with van der Waals surface area (Å²) in [7, 11) is 0. The summed E-state index contributed by atoms with van der Waals surface area (Å²) in [5.41, 5.74) is 2.38. The highest BCUT2D eigenvalue weighted by Gasteiger charge is 2.09. The van der Waals surface area contributed by atoms with Crippen molar-refractivity contribution in [2.75, 3.05) is 0 Å². The molecule has 2 rings (SSSR count). The number of aryl methyl sites for hydroxylation is 1. The van der Waals surface area contributed by atoms with E-state index in [-0.39, 0.29) is 10.8 Å². The second-order valence-corrected chi connectivity index (χ2v) is 3.38. The second kappa shape index (κ2) is 2.99. The predicted octanol–water partition coefficient (Wildman–Crippen LogP) is 2.22.